The Labute approximate surface area is 163 Å². The molecule has 1 heterocycles. The molecule has 0 saturated carbocycles. The largest absolute Gasteiger partial charge is 0.373 e. The summed E-state index contributed by atoms with van der Waals surface area (Å²) in [5.41, 5.74) is 3.06. The molecule has 1 saturated heterocycles. The minimum atomic E-state index is -0.0686. The summed E-state index contributed by atoms with van der Waals surface area (Å²) in [6.45, 7) is 7.49. The molecular weight excluding hydrogens is 392 g/mol. The van der Waals surface area contributed by atoms with Crippen molar-refractivity contribution in [1.29, 1.82) is 0 Å². The number of halogens is 1. The van der Waals surface area contributed by atoms with Gasteiger partial charge in [0.25, 0.3) is 5.91 Å². The van der Waals surface area contributed by atoms with Crippen LogP contribution in [0, 0.1) is 0 Å². The number of hydrogen-bond acceptors (Lipinski definition) is 3. The first-order chi connectivity index (χ1) is 12.5. The van der Waals surface area contributed by atoms with Gasteiger partial charge in [0.1, 0.15) is 0 Å². The van der Waals surface area contributed by atoms with Crippen molar-refractivity contribution < 1.29 is 9.53 Å². The molecule has 0 spiro atoms. The third-order valence-corrected chi connectivity index (χ3v) is 5.26. The normalized spacial score (nSPS) is 20.7. The molecular formula is C21H25BrN2O2. The standard InChI is InChI=1S/C21H25BrN2O2/c1-15-12-24(13-16(2)26-15)14-18-8-4-3-7-17(18)11-23-21(25)19-9-5-6-10-20(19)22/h3-10,15-16H,11-14H2,1-2H3,(H,23,25)/t15-,16-/m1/s1. The molecule has 1 aliphatic rings. The molecule has 1 N–H and O–H groups in total. The summed E-state index contributed by atoms with van der Waals surface area (Å²) in [4.78, 5) is 14.9. The molecule has 0 unspecified atom stereocenters. The second-order valence-corrected chi connectivity index (χ2v) is 7.74. The Balaban J connectivity index is 1.66. The van der Waals surface area contributed by atoms with E-state index >= 15 is 0 Å². The van der Waals surface area contributed by atoms with E-state index in [0.717, 1.165) is 29.7 Å². The number of carbonyl (C=O) groups excluding carboxylic acids is 1. The van der Waals surface area contributed by atoms with Gasteiger partial charge in [-0.1, -0.05) is 36.4 Å². The lowest BCUT2D eigenvalue weighted by Crippen LogP contribution is -2.45. The first kappa shape index (κ1) is 19.1. The number of hydrogen-bond donors (Lipinski definition) is 1. The summed E-state index contributed by atoms with van der Waals surface area (Å²) >= 11 is 3.44. The summed E-state index contributed by atoms with van der Waals surface area (Å²) in [5.74, 6) is -0.0686. The predicted octanol–water partition coefficient (Wildman–Crippen LogP) is 3.99. The Morgan fingerprint density at radius 3 is 2.38 bits per heavy atom. The molecule has 0 bridgehead atoms. The highest BCUT2D eigenvalue weighted by atomic mass is 79.9. The molecule has 26 heavy (non-hydrogen) atoms. The minimum absolute atomic E-state index is 0.0686. The maximum atomic E-state index is 12.5. The average molecular weight is 417 g/mol. The van der Waals surface area contributed by atoms with Crippen molar-refractivity contribution in [2.75, 3.05) is 13.1 Å². The van der Waals surface area contributed by atoms with E-state index in [1.807, 2.05) is 30.3 Å². The maximum absolute atomic E-state index is 12.5. The van der Waals surface area contributed by atoms with Crippen LogP contribution in [0.2, 0.25) is 0 Å². The Bertz CT molecular complexity index is 755. The summed E-state index contributed by atoms with van der Waals surface area (Å²) < 4.78 is 6.63. The van der Waals surface area contributed by atoms with Crippen LogP contribution in [-0.4, -0.2) is 36.1 Å². The number of nitrogens with one attached hydrogen (secondary N) is 1. The van der Waals surface area contributed by atoms with Gasteiger partial charge >= 0.3 is 0 Å². The first-order valence-electron chi connectivity index (χ1n) is 9.00. The molecule has 4 nitrogen and oxygen atoms in total. The quantitative estimate of drug-likeness (QED) is 0.800. The van der Waals surface area contributed by atoms with Gasteiger partial charge in [0.2, 0.25) is 0 Å². The average Bonchev–Trinajstić information content (AvgIpc) is 2.60. The molecule has 1 fully saturated rings. The van der Waals surface area contributed by atoms with Crippen LogP contribution < -0.4 is 5.32 Å². The minimum Gasteiger partial charge on any atom is -0.373 e. The molecule has 5 heteroatoms. The first-order valence-corrected chi connectivity index (χ1v) is 9.79. The third-order valence-electron chi connectivity index (χ3n) is 4.57. The van der Waals surface area contributed by atoms with E-state index in [1.165, 1.54) is 5.56 Å². The molecule has 2 aromatic rings. The lowest BCUT2D eigenvalue weighted by Gasteiger charge is -2.35. The van der Waals surface area contributed by atoms with Gasteiger partial charge in [-0.15, -0.1) is 0 Å². The van der Waals surface area contributed by atoms with Gasteiger partial charge in [0.05, 0.1) is 17.8 Å². The van der Waals surface area contributed by atoms with E-state index in [-0.39, 0.29) is 18.1 Å². The van der Waals surface area contributed by atoms with Crippen molar-refractivity contribution in [2.24, 2.45) is 0 Å². The fraction of sp³-hybridized carbons (Fsp3) is 0.381. The summed E-state index contributed by atoms with van der Waals surface area (Å²) in [6.07, 6.45) is 0.502. The van der Waals surface area contributed by atoms with Crippen LogP contribution in [0.1, 0.15) is 35.3 Å². The van der Waals surface area contributed by atoms with E-state index < -0.39 is 0 Å². The molecule has 1 amide bonds. The molecule has 2 aromatic carbocycles. The van der Waals surface area contributed by atoms with Crippen molar-refractivity contribution in [3.63, 3.8) is 0 Å². The molecule has 138 valence electrons. The molecule has 0 aromatic heterocycles. The second kappa shape index (κ2) is 8.80. The molecule has 0 radical (unpaired) electrons. The number of rotatable bonds is 5. The number of benzene rings is 2. The second-order valence-electron chi connectivity index (χ2n) is 6.88. The third kappa shape index (κ3) is 4.93. The van der Waals surface area contributed by atoms with Crippen molar-refractivity contribution in [1.82, 2.24) is 10.2 Å². The van der Waals surface area contributed by atoms with Crippen LogP contribution in [0.15, 0.2) is 53.0 Å². The highest BCUT2D eigenvalue weighted by molar-refractivity contribution is 9.10. The Morgan fingerprint density at radius 1 is 1.08 bits per heavy atom. The van der Waals surface area contributed by atoms with E-state index in [9.17, 15) is 4.79 Å². The van der Waals surface area contributed by atoms with Crippen LogP contribution in [0.4, 0.5) is 0 Å². The predicted molar refractivity (Wildman–Crippen MR) is 107 cm³/mol. The highest BCUT2D eigenvalue weighted by Crippen LogP contribution is 2.18. The van der Waals surface area contributed by atoms with Gasteiger partial charge in [-0.05, 0) is 53.0 Å². The monoisotopic (exact) mass is 416 g/mol. The van der Waals surface area contributed by atoms with Crippen molar-refractivity contribution in [3.05, 3.63) is 69.7 Å². The van der Waals surface area contributed by atoms with E-state index in [0.29, 0.717) is 12.1 Å². The smallest absolute Gasteiger partial charge is 0.252 e. The number of nitrogens with zero attached hydrogens (tertiary/aromatic N) is 1. The molecule has 2 atom stereocenters. The van der Waals surface area contributed by atoms with E-state index in [2.05, 4.69) is 58.2 Å². The van der Waals surface area contributed by atoms with Crippen molar-refractivity contribution in [2.45, 2.75) is 39.1 Å². The van der Waals surface area contributed by atoms with Gasteiger partial charge in [-0.2, -0.15) is 0 Å². The van der Waals surface area contributed by atoms with Crippen molar-refractivity contribution in [3.8, 4) is 0 Å². The number of morpholine rings is 1. The topological polar surface area (TPSA) is 41.6 Å². The Hall–Kier alpha value is -1.69. The lowest BCUT2D eigenvalue weighted by atomic mass is 10.1. The van der Waals surface area contributed by atoms with E-state index in [1.54, 1.807) is 0 Å². The van der Waals surface area contributed by atoms with Gasteiger partial charge in [-0.25, -0.2) is 0 Å². The fourth-order valence-electron chi connectivity index (χ4n) is 3.45. The maximum Gasteiger partial charge on any atom is 0.252 e. The zero-order valence-corrected chi connectivity index (χ0v) is 16.8. The van der Waals surface area contributed by atoms with Crippen molar-refractivity contribution >= 4 is 21.8 Å². The number of carbonyl (C=O) groups is 1. The molecule has 3 rings (SSSR count). The van der Waals surface area contributed by atoms with Crippen LogP contribution in [0.5, 0.6) is 0 Å². The number of amides is 1. The zero-order valence-electron chi connectivity index (χ0n) is 15.2. The van der Waals surface area contributed by atoms with Crippen LogP contribution in [-0.2, 0) is 17.8 Å². The summed E-state index contributed by atoms with van der Waals surface area (Å²) in [7, 11) is 0. The summed E-state index contributed by atoms with van der Waals surface area (Å²) in [5, 5.41) is 3.04. The van der Waals surface area contributed by atoms with Crippen LogP contribution in [0.3, 0.4) is 0 Å². The summed E-state index contributed by atoms with van der Waals surface area (Å²) in [6, 6.07) is 15.8. The van der Waals surface area contributed by atoms with Gasteiger partial charge in [0, 0.05) is 30.7 Å². The zero-order chi connectivity index (χ0) is 18.5. The van der Waals surface area contributed by atoms with Crippen LogP contribution in [0.25, 0.3) is 0 Å². The molecule has 1 aliphatic heterocycles. The SMILES string of the molecule is C[C@@H]1CN(Cc2ccccc2CNC(=O)c2ccccc2Br)C[C@@H](C)O1. The Kier molecular flexibility index (Phi) is 6.46. The van der Waals surface area contributed by atoms with E-state index in [4.69, 9.17) is 4.74 Å². The van der Waals surface area contributed by atoms with Gasteiger partial charge in [0.15, 0.2) is 0 Å². The lowest BCUT2D eigenvalue weighted by molar-refractivity contribution is -0.0705. The van der Waals surface area contributed by atoms with Gasteiger partial charge in [-0.3, -0.25) is 9.69 Å². The number of ether oxygens (including phenoxy) is 1. The van der Waals surface area contributed by atoms with Gasteiger partial charge < -0.3 is 10.1 Å². The highest BCUT2D eigenvalue weighted by Gasteiger charge is 2.22. The van der Waals surface area contributed by atoms with Crippen LogP contribution >= 0.6 is 15.9 Å². The Morgan fingerprint density at radius 2 is 1.69 bits per heavy atom. The molecule has 0 aliphatic carbocycles. The fourth-order valence-corrected chi connectivity index (χ4v) is 3.92.